The van der Waals surface area contributed by atoms with Crippen LogP contribution in [0.25, 0.3) is 0 Å². The molecule has 0 bridgehead atoms. The van der Waals surface area contributed by atoms with Crippen LogP contribution >= 0.6 is 23.2 Å². The van der Waals surface area contributed by atoms with E-state index in [4.69, 9.17) is 23.2 Å². The molecule has 6 heteroatoms. The van der Waals surface area contributed by atoms with Crippen LogP contribution in [-0.4, -0.2) is 28.8 Å². The Morgan fingerprint density at radius 2 is 1.48 bits per heavy atom. The Labute approximate surface area is 183 Å². The van der Waals surface area contributed by atoms with Gasteiger partial charge in [-0.15, -0.1) is 0 Å². The first kappa shape index (κ1) is 23.2. The Kier molecular flexibility index (Phi) is 8.99. The van der Waals surface area contributed by atoms with Gasteiger partial charge < -0.3 is 10.2 Å². The zero-order chi connectivity index (χ0) is 21.4. The topological polar surface area (TPSA) is 49.4 Å². The minimum absolute atomic E-state index is 0.0392. The lowest BCUT2D eigenvalue weighted by molar-refractivity contribution is -0.141. The number of benzene rings is 2. The number of nitrogens with zero attached hydrogens (tertiary/aromatic N) is 1. The summed E-state index contributed by atoms with van der Waals surface area (Å²) in [6, 6.07) is 14.1. The zero-order valence-corrected chi connectivity index (χ0v) is 18.6. The summed E-state index contributed by atoms with van der Waals surface area (Å²) >= 11 is 12.6. The Hall–Kier alpha value is -2.04. The normalized spacial score (nSPS) is 12.9. The van der Waals surface area contributed by atoms with E-state index in [1.54, 1.807) is 17.0 Å². The fourth-order valence-electron chi connectivity index (χ4n) is 3.08. The number of amides is 2. The molecule has 0 heterocycles. The average molecular weight is 435 g/mol. The molecule has 0 aromatic heterocycles. The lowest BCUT2D eigenvalue weighted by Crippen LogP contribution is -2.51. The Balaban J connectivity index is 2.33. The summed E-state index contributed by atoms with van der Waals surface area (Å²) in [5.41, 5.74) is 1.54. The van der Waals surface area contributed by atoms with Crippen LogP contribution in [0.4, 0.5) is 0 Å². The third kappa shape index (κ3) is 6.48. The molecule has 4 nitrogen and oxygen atoms in total. The second-order valence-corrected chi connectivity index (χ2v) is 7.94. The van der Waals surface area contributed by atoms with Crippen LogP contribution in [0.15, 0.2) is 48.5 Å². The van der Waals surface area contributed by atoms with Gasteiger partial charge in [-0.3, -0.25) is 9.59 Å². The molecule has 0 radical (unpaired) electrons. The molecular formula is C23H28Cl2N2O2. The fourth-order valence-corrected chi connectivity index (χ4v) is 3.48. The van der Waals surface area contributed by atoms with E-state index in [0.29, 0.717) is 16.5 Å². The minimum Gasteiger partial charge on any atom is -0.352 e. The monoisotopic (exact) mass is 434 g/mol. The van der Waals surface area contributed by atoms with Gasteiger partial charge >= 0.3 is 0 Å². The standard InChI is InChI=1S/C23H28Cl2N2O2/c1-4-16(3)26-23(29)21(5-2)27(15-18-11-7-9-13-20(18)25)22(28)14-17-10-6-8-12-19(17)24/h6-13,16,21H,4-5,14-15H2,1-3H3,(H,26,29)/t16-,21+/m0/s1. The van der Waals surface area contributed by atoms with E-state index in [2.05, 4.69) is 5.32 Å². The van der Waals surface area contributed by atoms with E-state index in [-0.39, 0.29) is 30.8 Å². The molecule has 0 fully saturated rings. The maximum absolute atomic E-state index is 13.3. The molecule has 0 aliphatic rings. The third-order valence-electron chi connectivity index (χ3n) is 4.98. The highest BCUT2D eigenvalue weighted by Gasteiger charge is 2.29. The van der Waals surface area contributed by atoms with Crippen LogP contribution < -0.4 is 5.32 Å². The zero-order valence-electron chi connectivity index (χ0n) is 17.1. The Morgan fingerprint density at radius 1 is 0.931 bits per heavy atom. The van der Waals surface area contributed by atoms with Gasteiger partial charge in [0.2, 0.25) is 11.8 Å². The molecule has 0 aliphatic heterocycles. The van der Waals surface area contributed by atoms with E-state index in [1.807, 2.05) is 57.2 Å². The molecule has 2 aromatic carbocycles. The average Bonchev–Trinajstić information content (AvgIpc) is 2.70. The molecule has 2 aromatic rings. The van der Waals surface area contributed by atoms with Crippen molar-refractivity contribution in [2.45, 2.75) is 58.7 Å². The van der Waals surface area contributed by atoms with Crippen molar-refractivity contribution in [1.29, 1.82) is 0 Å². The smallest absolute Gasteiger partial charge is 0.243 e. The minimum atomic E-state index is -0.588. The molecule has 29 heavy (non-hydrogen) atoms. The third-order valence-corrected chi connectivity index (χ3v) is 5.72. The van der Waals surface area contributed by atoms with Crippen molar-refractivity contribution in [2.75, 3.05) is 0 Å². The fraction of sp³-hybridized carbons (Fsp3) is 0.391. The van der Waals surface area contributed by atoms with Crippen molar-refractivity contribution in [3.63, 3.8) is 0 Å². The van der Waals surface area contributed by atoms with Crippen LogP contribution in [-0.2, 0) is 22.6 Å². The maximum atomic E-state index is 13.3. The molecule has 0 unspecified atom stereocenters. The summed E-state index contributed by atoms with van der Waals surface area (Å²) in [5.74, 6) is -0.314. The number of halogens is 2. The predicted octanol–water partition coefficient (Wildman–Crippen LogP) is 5.26. The molecule has 0 spiro atoms. The summed E-state index contributed by atoms with van der Waals surface area (Å²) in [6.45, 7) is 6.13. The van der Waals surface area contributed by atoms with Crippen molar-refractivity contribution in [3.8, 4) is 0 Å². The Bertz CT molecular complexity index is 841. The first-order valence-corrected chi connectivity index (χ1v) is 10.7. The highest BCUT2D eigenvalue weighted by Crippen LogP contribution is 2.22. The van der Waals surface area contributed by atoms with Crippen molar-refractivity contribution in [1.82, 2.24) is 10.2 Å². The SMILES string of the molecule is CC[C@H](C(=O)N[C@@H](C)CC)N(Cc1ccccc1Cl)C(=O)Cc1ccccc1Cl. The van der Waals surface area contributed by atoms with Gasteiger partial charge in [0.05, 0.1) is 6.42 Å². The highest BCUT2D eigenvalue weighted by atomic mass is 35.5. The lowest BCUT2D eigenvalue weighted by atomic mass is 10.1. The molecule has 2 atom stereocenters. The quantitative estimate of drug-likeness (QED) is 0.584. The van der Waals surface area contributed by atoms with Crippen molar-refractivity contribution in [3.05, 3.63) is 69.7 Å². The van der Waals surface area contributed by atoms with Gasteiger partial charge in [0, 0.05) is 22.6 Å². The van der Waals surface area contributed by atoms with Gasteiger partial charge in [-0.2, -0.15) is 0 Å². The number of hydrogen-bond donors (Lipinski definition) is 1. The summed E-state index contributed by atoms with van der Waals surface area (Å²) in [7, 11) is 0. The van der Waals surface area contributed by atoms with Crippen molar-refractivity contribution < 1.29 is 9.59 Å². The first-order valence-electron chi connectivity index (χ1n) is 9.94. The molecule has 156 valence electrons. The molecule has 2 amide bonds. The van der Waals surface area contributed by atoms with Gasteiger partial charge in [0.15, 0.2) is 0 Å². The van der Waals surface area contributed by atoms with Crippen LogP contribution in [0.1, 0.15) is 44.7 Å². The van der Waals surface area contributed by atoms with Gasteiger partial charge in [0.1, 0.15) is 6.04 Å². The van der Waals surface area contributed by atoms with E-state index < -0.39 is 6.04 Å². The van der Waals surface area contributed by atoms with Gasteiger partial charge in [-0.25, -0.2) is 0 Å². The Morgan fingerprint density at radius 3 is 2.00 bits per heavy atom. The molecule has 0 aliphatic carbocycles. The summed E-state index contributed by atoms with van der Waals surface area (Å²) in [4.78, 5) is 27.8. The number of nitrogens with one attached hydrogen (secondary N) is 1. The summed E-state index contributed by atoms with van der Waals surface area (Å²) in [6.07, 6.45) is 1.44. The second kappa shape index (κ2) is 11.2. The van der Waals surface area contributed by atoms with E-state index >= 15 is 0 Å². The second-order valence-electron chi connectivity index (χ2n) is 7.12. The van der Waals surface area contributed by atoms with Crippen LogP contribution in [0, 0.1) is 0 Å². The number of hydrogen-bond acceptors (Lipinski definition) is 2. The number of carbonyl (C=O) groups excluding carboxylic acids is 2. The van der Waals surface area contributed by atoms with Crippen molar-refractivity contribution >= 4 is 35.0 Å². The van der Waals surface area contributed by atoms with E-state index in [0.717, 1.165) is 17.5 Å². The van der Waals surface area contributed by atoms with E-state index in [1.165, 1.54) is 0 Å². The number of rotatable bonds is 9. The van der Waals surface area contributed by atoms with Gasteiger partial charge in [-0.1, -0.05) is 73.4 Å². The molecule has 0 saturated carbocycles. The maximum Gasteiger partial charge on any atom is 0.243 e. The first-order chi connectivity index (χ1) is 13.9. The predicted molar refractivity (Wildman–Crippen MR) is 119 cm³/mol. The van der Waals surface area contributed by atoms with Gasteiger partial charge in [-0.05, 0) is 43.0 Å². The van der Waals surface area contributed by atoms with Crippen molar-refractivity contribution in [2.24, 2.45) is 0 Å². The largest absolute Gasteiger partial charge is 0.352 e. The molecular weight excluding hydrogens is 407 g/mol. The molecule has 2 rings (SSSR count). The van der Waals surface area contributed by atoms with E-state index in [9.17, 15) is 9.59 Å². The summed E-state index contributed by atoms with van der Waals surface area (Å²) in [5, 5.41) is 4.11. The summed E-state index contributed by atoms with van der Waals surface area (Å²) < 4.78 is 0. The lowest BCUT2D eigenvalue weighted by Gasteiger charge is -2.32. The van der Waals surface area contributed by atoms with Crippen LogP contribution in [0.5, 0.6) is 0 Å². The van der Waals surface area contributed by atoms with Gasteiger partial charge in [0.25, 0.3) is 0 Å². The highest BCUT2D eigenvalue weighted by molar-refractivity contribution is 6.31. The van der Waals surface area contributed by atoms with Crippen LogP contribution in [0.2, 0.25) is 10.0 Å². The van der Waals surface area contributed by atoms with Crippen LogP contribution in [0.3, 0.4) is 0 Å². The molecule has 1 N–H and O–H groups in total. The molecule has 0 saturated heterocycles. The number of carbonyl (C=O) groups is 2.